The maximum atomic E-state index is 12.9. The highest BCUT2D eigenvalue weighted by atomic mass is 35.5. The quantitative estimate of drug-likeness (QED) is 0.690. The van der Waals surface area contributed by atoms with Crippen molar-refractivity contribution in [3.63, 3.8) is 0 Å². The molecule has 0 radical (unpaired) electrons. The summed E-state index contributed by atoms with van der Waals surface area (Å²) in [4.78, 5) is 13.8. The smallest absolute Gasteiger partial charge is 0.252 e. The van der Waals surface area contributed by atoms with E-state index in [0.717, 1.165) is 37.2 Å². The third-order valence-corrected chi connectivity index (χ3v) is 9.45. The Morgan fingerprint density at radius 1 is 1.33 bits per heavy atom. The minimum absolute atomic E-state index is 0. The van der Waals surface area contributed by atoms with E-state index in [-0.39, 0.29) is 23.7 Å². The molecule has 1 aliphatic heterocycles. The van der Waals surface area contributed by atoms with Crippen LogP contribution in [0.25, 0.3) is 0 Å². The summed E-state index contributed by atoms with van der Waals surface area (Å²) in [7, 11) is -3.43. The Hall–Kier alpha value is -0.670. The van der Waals surface area contributed by atoms with Gasteiger partial charge in [-0.2, -0.15) is 4.31 Å². The molecule has 3 rings (SSSR count). The van der Waals surface area contributed by atoms with Gasteiger partial charge >= 0.3 is 0 Å². The maximum Gasteiger partial charge on any atom is 0.252 e. The van der Waals surface area contributed by atoms with Crippen molar-refractivity contribution in [3.05, 3.63) is 17.0 Å². The van der Waals surface area contributed by atoms with Gasteiger partial charge in [0, 0.05) is 24.5 Å². The second-order valence-corrected chi connectivity index (χ2v) is 10.6. The molecule has 1 aliphatic carbocycles. The number of thiophene rings is 1. The second-order valence-electron chi connectivity index (χ2n) is 7.22. The van der Waals surface area contributed by atoms with Crippen molar-refractivity contribution in [3.8, 4) is 0 Å². The number of hydrogen-bond donors (Lipinski definition) is 2. The van der Waals surface area contributed by atoms with Crippen molar-refractivity contribution in [1.29, 1.82) is 0 Å². The first-order valence-electron chi connectivity index (χ1n) is 9.52. The van der Waals surface area contributed by atoms with E-state index >= 15 is 0 Å². The Morgan fingerprint density at radius 3 is 2.78 bits per heavy atom. The number of carbonyl (C=O) groups excluding carboxylic acids is 1. The first-order chi connectivity index (χ1) is 12.4. The number of amides is 1. The minimum atomic E-state index is -3.43. The maximum absolute atomic E-state index is 12.9. The SMILES string of the molecule is CCN(CC)S(=O)(=O)c1ccc(CNC(=O)[C@@]23CCCC[C@H]2CNC3)s1.Cl. The first kappa shape index (κ1) is 22.6. The fourth-order valence-corrected chi connectivity index (χ4v) is 7.22. The lowest BCUT2D eigenvalue weighted by molar-refractivity contribution is -0.134. The summed E-state index contributed by atoms with van der Waals surface area (Å²) in [6, 6.07) is 3.46. The summed E-state index contributed by atoms with van der Waals surface area (Å²) in [5, 5.41) is 6.47. The molecular formula is C18H30ClN3O3S2. The van der Waals surface area contributed by atoms with Crippen LogP contribution in [0, 0.1) is 11.3 Å². The molecule has 6 nitrogen and oxygen atoms in total. The van der Waals surface area contributed by atoms with Crippen LogP contribution in [0.3, 0.4) is 0 Å². The van der Waals surface area contributed by atoms with Gasteiger partial charge in [0.25, 0.3) is 10.0 Å². The molecule has 0 bridgehead atoms. The zero-order chi connectivity index (χ0) is 18.8. The van der Waals surface area contributed by atoms with Crippen LogP contribution in [-0.4, -0.2) is 44.8 Å². The Balaban J connectivity index is 0.00000261. The molecular weight excluding hydrogens is 406 g/mol. The van der Waals surface area contributed by atoms with Crippen molar-refractivity contribution >= 4 is 39.7 Å². The van der Waals surface area contributed by atoms with Crippen molar-refractivity contribution < 1.29 is 13.2 Å². The van der Waals surface area contributed by atoms with Crippen LogP contribution in [-0.2, 0) is 21.4 Å². The molecule has 1 saturated heterocycles. The number of fused-ring (bicyclic) bond motifs is 1. The summed E-state index contributed by atoms with van der Waals surface area (Å²) in [5.74, 6) is 0.548. The van der Waals surface area contributed by atoms with Crippen molar-refractivity contribution in [1.82, 2.24) is 14.9 Å². The molecule has 2 aliphatic rings. The number of nitrogens with one attached hydrogen (secondary N) is 2. The number of rotatable bonds is 7. The zero-order valence-electron chi connectivity index (χ0n) is 16.0. The highest BCUT2D eigenvalue weighted by Crippen LogP contribution is 2.44. The highest BCUT2D eigenvalue weighted by Gasteiger charge is 2.49. The summed E-state index contributed by atoms with van der Waals surface area (Å²) in [6.45, 7) is 6.68. The average Bonchev–Trinajstić information content (AvgIpc) is 3.28. The normalized spacial score (nSPS) is 25.1. The second kappa shape index (κ2) is 9.22. The van der Waals surface area contributed by atoms with Gasteiger partial charge in [-0.1, -0.05) is 26.7 Å². The lowest BCUT2D eigenvalue weighted by Crippen LogP contribution is -2.47. The minimum Gasteiger partial charge on any atom is -0.351 e. The molecule has 2 fully saturated rings. The fourth-order valence-electron chi connectivity index (χ4n) is 4.32. The molecule has 154 valence electrons. The zero-order valence-corrected chi connectivity index (χ0v) is 18.4. The van der Waals surface area contributed by atoms with Crippen molar-refractivity contribution in [2.45, 2.75) is 50.3 Å². The number of hydrogen-bond acceptors (Lipinski definition) is 5. The van der Waals surface area contributed by atoms with E-state index in [2.05, 4.69) is 10.6 Å². The Morgan fingerprint density at radius 2 is 2.07 bits per heavy atom. The Bertz CT molecular complexity index is 749. The third kappa shape index (κ3) is 4.34. The summed E-state index contributed by atoms with van der Waals surface area (Å²) >= 11 is 1.25. The largest absolute Gasteiger partial charge is 0.351 e. The van der Waals surface area contributed by atoms with Crippen LogP contribution in [0.5, 0.6) is 0 Å². The summed E-state index contributed by atoms with van der Waals surface area (Å²) in [6.07, 6.45) is 4.38. The van der Waals surface area contributed by atoms with Crippen LogP contribution >= 0.6 is 23.7 Å². The Kier molecular flexibility index (Phi) is 7.72. The number of sulfonamides is 1. The molecule has 1 aromatic rings. The van der Waals surface area contributed by atoms with Crippen LogP contribution < -0.4 is 10.6 Å². The molecule has 0 spiro atoms. The topological polar surface area (TPSA) is 78.5 Å². The van der Waals surface area contributed by atoms with E-state index < -0.39 is 10.0 Å². The third-order valence-electron chi connectivity index (χ3n) is 5.85. The number of halogens is 1. The van der Waals surface area contributed by atoms with Gasteiger partial charge in [-0.15, -0.1) is 23.7 Å². The van der Waals surface area contributed by atoms with Gasteiger partial charge in [-0.05, 0) is 37.4 Å². The van der Waals surface area contributed by atoms with Gasteiger partial charge in [-0.25, -0.2) is 8.42 Å². The summed E-state index contributed by atoms with van der Waals surface area (Å²) < 4.78 is 27.0. The monoisotopic (exact) mass is 435 g/mol. The lowest BCUT2D eigenvalue weighted by Gasteiger charge is -2.37. The fraction of sp³-hybridized carbons (Fsp3) is 0.722. The molecule has 1 saturated carbocycles. The summed E-state index contributed by atoms with van der Waals surface area (Å²) in [5.41, 5.74) is -0.272. The number of nitrogens with zero attached hydrogens (tertiary/aromatic N) is 1. The molecule has 0 aromatic carbocycles. The predicted molar refractivity (Wildman–Crippen MR) is 111 cm³/mol. The van der Waals surface area contributed by atoms with Gasteiger partial charge in [-0.3, -0.25) is 4.79 Å². The lowest BCUT2D eigenvalue weighted by atomic mass is 9.67. The molecule has 2 atom stereocenters. The van der Waals surface area contributed by atoms with Crippen LogP contribution in [0.2, 0.25) is 0 Å². The molecule has 0 unspecified atom stereocenters. The van der Waals surface area contributed by atoms with Gasteiger partial charge < -0.3 is 10.6 Å². The first-order valence-corrected chi connectivity index (χ1v) is 11.8. The van der Waals surface area contributed by atoms with E-state index in [4.69, 9.17) is 0 Å². The van der Waals surface area contributed by atoms with Gasteiger partial charge in [0.1, 0.15) is 4.21 Å². The molecule has 1 amide bonds. The van der Waals surface area contributed by atoms with Gasteiger partial charge in [0.15, 0.2) is 0 Å². The van der Waals surface area contributed by atoms with Crippen LogP contribution in [0.4, 0.5) is 0 Å². The van der Waals surface area contributed by atoms with E-state index in [1.807, 2.05) is 19.9 Å². The molecule has 2 heterocycles. The molecule has 27 heavy (non-hydrogen) atoms. The van der Waals surface area contributed by atoms with Gasteiger partial charge in [0.2, 0.25) is 5.91 Å². The molecule has 2 N–H and O–H groups in total. The van der Waals surface area contributed by atoms with E-state index in [9.17, 15) is 13.2 Å². The standard InChI is InChI=1S/C18H29N3O3S2.ClH/c1-3-21(4-2)26(23,24)16-9-8-15(25-16)12-20-17(22)18-10-6-5-7-14(18)11-19-13-18;/h8-9,14,19H,3-7,10-13H2,1-2H3,(H,20,22);1H/t14-,18+;/m0./s1. The van der Waals surface area contributed by atoms with Gasteiger partial charge in [0.05, 0.1) is 12.0 Å². The number of carbonyl (C=O) groups is 1. The van der Waals surface area contributed by atoms with Crippen molar-refractivity contribution in [2.24, 2.45) is 11.3 Å². The molecule has 1 aromatic heterocycles. The van der Waals surface area contributed by atoms with Crippen molar-refractivity contribution in [2.75, 3.05) is 26.2 Å². The highest BCUT2D eigenvalue weighted by molar-refractivity contribution is 7.91. The average molecular weight is 436 g/mol. The molecule has 9 heteroatoms. The predicted octanol–water partition coefficient (Wildman–Crippen LogP) is 2.60. The van der Waals surface area contributed by atoms with Crippen LogP contribution in [0.15, 0.2) is 16.3 Å². The van der Waals surface area contributed by atoms with E-state index in [0.29, 0.717) is 29.8 Å². The van der Waals surface area contributed by atoms with E-state index in [1.165, 1.54) is 22.1 Å². The van der Waals surface area contributed by atoms with Crippen LogP contribution in [0.1, 0.15) is 44.4 Å². The Labute approximate surface area is 172 Å². The van der Waals surface area contributed by atoms with E-state index in [1.54, 1.807) is 6.07 Å².